The molecular formula is C13H19N6O+. The van der Waals surface area contributed by atoms with E-state index in [1.165, 1.54) is 0 Å². The summed E-state index contributed by atoms with van der Waals surface area (Å²) >= 11 is 0. The summed E-state index contributed by atoms with van der Waals surface area (Å²) in [7, 11) is 0. The summed E-state index contributed by atoms with van der Waals surface area (Å²) in [5.41, 5.74) is 7.88. The molecule has 0 aromatic carbocycles. The molecule has 7 heteroatoms. The average Bonchev–Trinajstić information content (AvgIpc) is 2.84. The van der Waals surface area contributed by atoms with E-state index in [4.69, 9.17) is 5.73 Å². The molecule has 0 spiro atoms. The van der Waals surface area contributed by atoms with Crippen LogP contribution >= 0.6 is 0 Å². The number of aromatic amines is 1. The van der Waals surface area contributed by atoms with Gasteiger partial charge in [-0.05, 0) is 17.2 Å². The summed E-state index contributed by atoms with van der Waals surface area (Å²) in [5, 5.41) is 4.30. The molecule has 0 bridgehead atoms. The van der Waals surface area contributed by atoms with Crippen molar-refractivity contribution in [3.63, 3.8) is 0 Å². The molecular weight excluding hydrogens is 256 g/mol. The van der Waals surface area contributed by atoms with E-state index in [-0.39, 0.29) is 5.91 Å². The normalized spacial score (nSPS) is 16.8. The first-order chi connectivity index (χ1) is 9.65. The Hall–Kier alpha value is -2.15. The smallest absolute Gasteiger partial charge is 0.248 e. The summed E-state index contributed by atoms with van der Waals surface area (Å²) < 4.78 is 1.86. The number of nitrogens with zero attached hydrogens (tertiary/aromatic N) is 4. The van der Waals surface area contributed by atoms with E-state index in [9.17, 15) is 4.79 Å². The molecule has 1 amide bonds. The van der Waals surface area contributed by atoms with Gasteiger partial charge in [-0.25, -0.2) is 4.98 Å². The van der Waals surface area contributed by atoms with Crippen molar-refractivity contribution in [2.45, 2.75) is 13.5 Å². The number of rotatable bonds is 2. The maximum Gasteiger partial charge on any atom is 0.248 e. The Morgan fingerprint density at radius 1 is 1.35 bits per heavy atom. The maximum absolute atomic E-state index is 11.3. The lowest BCUT2D eigenvalue weighted by Crippen LogP contribution is -2.47. The van der Waals surface area contributed by atoms with Crippen LogP contribution in [0.2, 0.25) is 0 Å². The number of fused-ring (bicyclic) bond motifs is 1. The number of anilines is 1. The molecule has 20 heavy (non-hydrogen) atoms. The summed E-state index contributed by atoms with van der Waals surface area (Å²) in [6, 6.07) is 4.02. The standard InChI is InChI=1S/C13H18N6O/c1-10(20)18-6-4-17(5-7-18)8-11-2-3-12-13(14)15-9-16-19(11)12/h2-3,9H,4-8H2,1H3,(H2,14,15,16)/p+1. The minimum Gasteiger partial charge on any atom is -0.340 e. The number of hydrogen-bond donors (Lipinski definition) is 1. The topological polar surface area (TPSA) is 81.0 Å². The number of nitrogens with one attached hydrogen (secondary N) is 1. The first kappa shape index (κ1) is 12.9. The lowest BCUT2D eigenvalue weighted by Gasteiger charge is -2.33. The Labute approximate surface area is 117 Å². The zero-order chi connectivity index (χ0) is 14.1. The largest absolute Gasteiger partial charge is 0.340 e. The third kappa shape index (κ3) is 2.32. The Kier molecular flexibility index (Phi) is 3.27. The lowest BCUT2D eigenvalue weighted by atomic mass is 10.3. The van der Waals surface area contributed by atoms with Crippen molar-refractivity contribution in [3.05, 3.63) is 24.2 Å². The number of nitrogens with two attached hydrogens (primary N) is 1. The fourth-order valence-electron chi connectivity index (χ4n) is 2.61. The van der Waals surface area contributed by atoms with Gasteiger partial charge in [0.05, 0.1) is 5.69 Å². The second-order valence-corrected chi connectivity index (χ2v) is 5.11. The maximum atomic E-state index is 11.3. The molecule has 1 fully saturated rings. The molecule has 7 nitrogen and oxygen atoms in total. The fraction of sp³-hybridized carbons (Fsp3) is 0.462. The van der Waals surface area contributed by atoms with E-state index in [1.807, 2.05) is 21.5 Å². The van der Waals surface area contributed by atoms with Gasteiger partial charge in [0, 0.05) is 39.6 Å². The molecule has 3 heterocycles. The molecule has 106 valence electrons. The molecule has 0 unspecified atom stereocenters. The zero-order valence-corrected chi connectivity index (χ0v) is 11.5. The highest BCUT2D eigenvalue weighted by atomic mass is 16.2. The number of carbonyl (C=O) groups is 1. The summed E-state index contributed by atoms with van der Waals surface area (Å²) in [5.74, 6) is 0.774. The monoisotopic (exact) mass is 275 g/mol. The van der Waals surface area contributed by atoms with Crippen LogP contribution in [0.5, 0.6) is 0 Å². The number of aromatic nitrogens is 3. The van der Waals surface area contributed by atoms with E-state index in [1.54, 1.807) is 13.3 Å². The zero-order valence-electron chi connectivity index (χ0n) is 11.5. The van der Waals surface area contributed by atoms with Crippen molar-refractivity contribution < 1.29 is 9.78 Å². The van der Waals surface area contributed by atoms with Gasteiger partial charge in [-0.3, -0.25) is 9.69 Å². The summed E-state index contributed by atoms with van der Waals surface area (Å²) in [4.78, 5) is 18.4. The molecule has 0 radical (unpaired) electrons. The van der Waals surface area contributed by atoms with E-state index >= 15 is 0 Å². The Bertz CT molecular complexity index is 629. The van der Waals surface area contributed by atoms with E-state index < -0.39 is 0 Å². The highest BCUT2D eigenvalue weighted by molar-refractivity contribution is 5.73. The van der Waals surface area contributed by atoms with Crippen molar-refractivity contribution in [1.29, 1.82) is 0 Å². The molecule has 1 aliphatic heterocycles. The van der Waals surface area contributed by atoms with Crippen molar-refractivity contribution in [2.24, 2.45) is 0 Å². The molecule has 1 aliphatic rings. The molecule has 3 rings (SSSR count). The molecule has 2 aromatic rings. The van der Waals surface area contributed by atoms with Gasteiger partial charge in [-0.2, -0.15) is 4.52 Å². The van der Waals surface area contributed by atoms with Crippen LogP contribution in [0.3, 0.4) is 0 Å². The average molecular weight is 275 g/mol. The number of piperazine rings is 1. The van der Waals surface area contributed by atoms with Crippen LogP contribution in [0.4, 0.5) is 5.82 Å². The van der Waals surface area contributed by atoms with E-state index in [0.717, 1.165) is 43.9 Å². The highest BCUT2D eigenvalue weighted by Gasteiger charge is 2.20. The summed E-state index contributed by atoms with van der Waals surface area (Å²) in [6.07, 6.45) is 1.60. The Balaban J connectivity index is 1.72. The van der Waals surface area contributed by atoms with Crippen LogP contribution in [-0.4, -0.2) is 51.5 Å². The van der Waals surface area contributed by atoms with E-state index in [0.29, 0.717) is 5.82 Å². The van der Waals surface area contributed by atoms with Gasteiger partial charge >= 0.3 is 0 Å². The van der Waals surface area contributed by atoms with Crippen LogP contribution < -0.4 is 10.7 Å². The quantitative estimate of drug-likeness (QED) is 0.793. The number of carbonyl (C=O) groups excluding carboxylic acids is 1. The molecule has 0 atom stereocenters. The van der Waals surface area contributed by atoms with Crippen molar-refractivity contribution in [1.82, 2.24) is 19.4 Å². The molecule has 3 N–H and O–H groups in total. The summed E-state index contributed by atoms with van der Waals surface area (Å²) in [6.45, 7) is 5.81. The van der Waals surface area contributed by atoms with Crippen LogP contribution in [-0.2, 0) is 11.3 Å². The van der Waals surface area contributed by atoms with Crippen molar-refractivity contribution >= 4 is 17.2 Å². The van der Waals surface area contributed by atoms with Crippen molar-refractivity contribution in [2.75, 3.05) is 31.9 Å². The number of nitrogen functional groups attached to an aromatic ring is 1. The molecule has 0 aliphatic carbocycles. The number of amides is 1. The number of hydrogen-bond acceptors (Lipinski definition) is 4. The predicted molar refractivity (Wildman–Crippen MR) is 73.7 cm³/mol. The minimum atomic E-state index is 0.155. The van der Waals surface area contributed by atoms with E-state index in [2.05, 4.69) is 15.0 Å². The van der Waals surface area contributed by atoms with Gasteiger partial charge in [-0.1, -0.05) is 0 Å². The van der Waals surface area contributed by atoms with Gasteiger partial charge in [0.2, 0.25) is 18.1 Å². The Morgan fingerprint density at radius 2 is 2.10 bits per heavy atom. The SMILES string of the molecule is CC(=O)N1CCN(Cc2ccc3c(N)[nH+]cnn23)CC1. The fourth-order valence-corrected chi connectivity index (χ4v) is 2.61. The third-order valence-corrected chi connectivity index (χ3v) is 3.81. The van der Waals surface area contributed by atoms with Gasteiger partial charge in [0.25, 0.3) is 0 Å². The van der Waals surface area contributed by atoms with Gasteiger partial charge in [0.15, 0.2) is 5.52 Å². The number of H-pyrrole nitrogens is 1. The van der Waals surface area contributed by atoms with Gasteiger partial charge in [-0.15, -0.1) is 0 Å². The first-order valence-corrected chi connectivity index (χ1v) is 6.76. The second kappa shape index (κ2) is 5.09. The van der Waals surface area contributed by atoms with Crippen molar-refractivity contribution in [3.8, 4) is 0 Å². The first-order valence-electron chi connectivity index (χ1n) is 6.76. The van der Waals surface area contributed by atoms with Gasteiger partial charge < -0.3 is 10.6 Å². The van der Waals surface area contributed by atoms with Crippen LogP contribution in [0.15, 0.2) is 18.5 Å². The second-order valence-electron chi connectivity index (χ2n) is 5.11. The predicted octanol–water partition coefficient (Wildman–Crippen LogP) is -0.605. The van der Waals surface area contributed by atoms with Crippen LogP contribution in [0.1, 0.15) is 12.6 Å². The third-order valence-electron chi connectivity index (χ3n) is 3.81. The lowest BCUT2D eigenvalue weighted by molar-refractivity contribution is -0.365. The van der Waals surface area contributed by atoms with Gasteiger partial charge in [0.1, 0.15) is 0 Å². The molecule has 1 saturated heterocycles. The van der Waals surface area contributed by atoms with Crippen LogP contribution in [0, 0.1) is 0 Å². The Morgan fingerprint density at radius 3 is 2.80 bits per heavy atom. The highest BCUT2D eigenvalue weighted by Crippen LogP contribution is 2.14. The molecule has 0 saturated carbocycles. The minimum absolute atomic E-state index is 0.155. The molecule has 2 aromatic heterocycles. The van der Waals surface area contributed by atoms with Crippen LogP contribution in [0.25, 0.3) is 5.52 Å².